The van der Waals surface area contributed by atoms with Gasteiger partial charge in [-0.05, 0) is 48.0 Å². The van der Waals surface area contributed by atoms with Gasteiger partial charge in [-0.1, -0.05) is 30.3 Å². The van der Waals surface area contributed by atoms with Gasteiger partial charge in [-0.15, -0.1) is 0 Å². The van der Waals surface area contributed by atoms with Gasteiger partial charge in [0, 0.05) is 23.5 Å². The number of methoxy groups -OCH3 is 1. The summed E-state index contributed by atoms with van der Waals surface area (Å²) in [6, 6.07) is 23.6. The van der Waals surface area contributed by atoms with Crippen molar-refractivity contribution in [1.82, 2.24) is 0 Å². The molecule has 3 aromatic carbocycles. The fourth-order valence-corrected chi connectivity index (χ4v) is 2.97. The van der Waals surface area contributed by atoms with Gasteiger partial charge in [-0.3, -0.25) is 4.79 Å². The van der Waals surface area contributed by atoms with Gasteiger partial charge < -0.3 is 21.1 Å². The minimum Gasteiger partial charge on any atom is -0.497 e. The van der Waals surface area contributed by atoms with Crippen LogP contribution in [0.1, 0.15) is 22.7 Å². The van der Waals surface area contributed by atoms with E-state index in [1.807, 2.05) is 42.5 Å². The predicted molar refractivity (Wildman–Crippen MR) is 113 cm³/mol. The summed E-state index contributed by atoms with van der Waals surface area (Å²) in [7, 11) is 1.57. The SMILES string of the molecule is COc1ccc(NCc2ccccc2)c(C(Nc2ccc(C#N)cc2)C(N)=O)c1. The third-order valence-electron chi connectivity index (χ3n) is 4.51. The zero-order valence-electron chi connectivity index (χ0n) is 16.1. The molecule has 0 spiro atoms. The summed E-state index contributed by atoms with van der Waals surface area (Å²) < 4.78 is 5.34. The first-order chi connectivity index (χ1) is 14.1. The first-order valence-corrected chi connectivity index (χ1v) is 9.12. The normalized spacial score (nSPS) is 11.2. The van der Waals surface area contributed by atoms with Crippen molar-refractivity contribution in [2.75, 3.05) is 17.7 Å². The number of carbonyl (C=O) groups is 1. The third kappa shape index (κ3) is 5.05. The Labute approximate surface area is 169 Å². The number of nitrogens with one attached hydrogen (secondary N) is 2. The molecule has 0 aliphatic carbocycles. The Morgan fingerprint density at radius 1 is 1.10 bits per heavy atom. The van der Waals surface area contributed by atoms with Crippen molar-refractivity contribution in [3.63, 3.8) is 0 Å². The van der Waals surface area contributed by atoms with Gasteiger partial charge in [0.05, 0.1) is 18.7 Å². The Morgan fingerprint density at radius 3 is 2.45 bits per heavy atom. The number of anilines is 2. The summed E-state index contributed by atoms with van der Waals surface area (Å²) >= 11 is 0. The van der Waals surface area contributed by atoms with Crippen molar-refractivity contribution in [3.8, 4) is 11.8 Å². The van der Waals surface area contributed by atoms with E-state index in [2.05, 4.69) is 16.7 Å². The summed E-state index contributed by atoms with van der Waals surface area (Å²) in [4.78, 5) is 12.3. The van der Waals surface area contributed by atoms with E-state index in [4.69, 9.17) is 15.7 Å². The van der Waals surface area contributed by atoms with Gasteiger partial charge in [-0.2, -0.15) is 5.26 Å². The van der Waals surface area contributed by atoms with Crippen LogP contribution in [0.4, 0.5) is 11.4 Å². The summed E-state index contributed by atoms with van der Waals surface area (Å²) in [6.45, 7) is 0.600. The number of nitrogens with zero attached hydrogens (tertiary/aromatic N) is 1. The predicted octanol–water partition coefficient (Wildman–Crippen LogP) is 3.82. The van der Waals surface area contributed by atoms with E-state index in [0.717, 1.165) is 11.3 Å². The number of nitriles is 1. The molecule has 6 heteroatoms. The van der Waals surface area contributed by atoms with E-state index in [0.29, 0.717) is 29.1 Å². The Bertz CT molecular complexity index is 1010. The molecule has 0 aliphatic rings. The number of nitrogens with two attached hydrogens (primary N) is 1. The van der Waals surface area contributed by atoms with Crippen molar-refractivity contribution in [2.24, 2.45) is 5.73 Å². The monoisotopic (exact) mass is 386 g/mol. The van der Waals surface area contributed by atoms with Crippen LogP contribution in [0.15, 0.2) is 72.8 Å². The van der Waals surface area contributed by atoms with Crippen LogP contribution in [0.3, 0.4) is 0 Å². The molecule has 1 atom stereocenters. The van der Waals surface area contributed by atoms with E-state index >= 15 is 0 Å². The number of hydrogen-bond donors (Lipinski definition) is 3. The molecule has 0 aromatic heterocycles. The molecule has 0 heterocycles. The largest absolute Gasteiger partial charge is 0.497 e. The average Bonchev–Trinajstić information content (AvgIpc) is 2.77. The molecule has 3 rings (SSSR count). The molecule has 146 valence electrons. The fourth-order valence-electron chi connectivity index (χ4n) is 2.97. The number of hydrogen-bond acceptors (Lipinski definition) is 5. The van der Waals surface area contributed by atoms with Crippen molar-refractivity contribution in [2.45, 2.75) is 12.6 Å². The molecule has 4 N–H and O–H groups in total. The smallest absolute Gasteiger partial charge is 0.244 e. The molecule has 29 heavy (non-hydrogen) atoms. The Morgan fingerprint density at radius 2 is 1.83 bits per heavy atom. The standard InChI is InChI=1S/C23H22N4O2/c1-29-19-11-12-21(26-15-17-5-3-2-4-6-17)20(13-19)22(23(25)28)27-18-9-7-16(14-24)8-10-18/h2-13,22,26-27H,15H2,1H3,(H2,25,28). The van der Waals surface area contributed by atoms with Crippen LogP contribution in [0.5, 0.6) is 5.75 Å². The van der Waals surface area contributed by atoms with Crippen molar-refractivity contribution in [1.29, 1.82) is 5.26 Å². The average molecular weight is 386 g/mol. The van der Waals surface area contributed by atoms with Crippen LogP contribution in [-0.4, -0.2) is 13.0 Å². The highest BCUT2D eigenvalue weighted by Gasteiger charge is 2.22. The van der Waals surface area contributed by atoms with Gasteiger partial charge in [0.2, 0.25) is 5.91 Å². The first-order valence-electron chi connectivity index (χ1n) is 9.12. The molecular weight excluding hydrogens is 364 g/mol. The molecule has 1 amide bonds. The Hall–Kier alpha value is -3.98. The number of amides is 1. The van der Waals surface area contributed by atoms with Gasteiger partial charge in [0.1, 0.15) is 11.8 Å². The van der Waals surface area contributed by atoms with Gasteiger partial charge in [0.15, 0.2) is 0 Å². The van der Waals surface area contributed by atoms with Crippen molar-refractivity contribution < 1.29 is 9.53 Å². The van der Waals surface area contributed by atoms with E-state index in [9.17, 15) is 4.79 Å². The molecule has 0 bridgehead atoms. The van der Waals surface area contributed by atoms with Crippen LogP contribution in [0.2, 0.25) is 0 Å². The van der Waals surface area contributed by atoms with Crippen LogP contribution in [0.25, 0.3) is 0 Å². The van der Waals surface area contributed by atoms with Crippen LogP contribution >= 0.6 is 0 Å². The number of primary amides is 1. The number of carbonyl (C=O) groups excluding carboxylic acids is 1. The lowest BCUT2D eigenvalue weighted by Crippen LogP contribution is -2.28. The molecule has 0 fully saturated rings. The Kier molecular flexibility index (Phi) is 6.33. The zero-order valence-corrected chi connectivity index (χ0v) is 16.1. The minimum absolute atomic E-state index is 0.523. The molecule has 0 radical (unpaired) electrons. The van der Waals surface area contributed by atoms with Gasteiger partial charge in [-0.25, -0.2) is 0 Å². The second-order valence-electron chi connectivity index (χ2n) is 6.46. The number of rotatable bonds is 8. The highest BCUT2D eigenvalue weighted by atomic mass is 16.5. The highest BCUT2D eigenvalue weighted by Crippen LogP contribution is 2.30. The second-order valence-corrected chi connectivity index (χ2v) is 6.46. The summed E-state index contributed by atoms with van der Waals surface area (Å²) in [5, 5.41) is 15.5. The molecule has 1 unspecified atom stereocenters. The third-order valence-corrected chi connectivity index (χ3v) is 4.51. The van der Waals surface area contributed by atoms with Crippen LogP contribution < -0.4 is 21.1 Å². The molecule has 3 aromatic rings. The van der Waals surface area contributed by atoms with Crippen LogP contribution in [-0.2, 0) is 11.3 Å². The van der Waals surface area contributed by atoms with E-state index in [1.165, 1.54) is 0 Å². The number of benzene rings is 3. The lowest BCUT2D eigenvalue weighted by atomic mass is 10.0. The maximum atomic E-state index is 12.3. The maximum absolute atomic E-state index is 12.3. The molecule has 0 saturated heterocycles. The van der Waals surface area contributed by atoms with Crippen molar-refractivity contribution >= 4 is 17.3 Å². The quantitative estimate of drug-likeness (QED) is 0.546. The summed E-state index contributed by atoms with van der Waals surface area (Å²) in [5.41, 5.74) is 9.51. The summed E-state index contributed by atoms with van der Waals surface area (Å²) in [6.07, 6.45) is 0. The lowest BCUT2D eigenvalue weighted by molar-refractivity contribution is -0.118. The van der Waals surface area contributed by atoms with E-state index in [-0.39, 0.29) is 0 Å². The minimum atomic E-state index is -0.781. The lowest BCUT2D eigenvalue weighted by Gasteiger charge is -2.22. The molecule has 0 saturated carbocycles. The fraction of sp³-hybridized carbons (Fsp3) is 0.130. The second kappa shape index (κ2) is 9.29. The van der Waals surface area contributed by atoms with Crippen molar-refractivity contribution in [3.05, 3.63) is 89.5 Å². The summed E-state index contributed by atoms with van der Waals surface area (Å²) in [5.74, 6) is 0.100. The zero-order chi connectivity index (χ0) is 20.6. The topological polar surface area (TPSA) is 100 Å². The van der Waals surface area contributed by atoms with Gasteiger partial charge >= 0.3 is 0 Å². The van der Waals surface area contributed by atoms with E-state index < -0.39 is 11.9 Å². The first kappa shape index (κ1) is 19.8. The van der Waals surface area contributed by atoms with Gasteiger partial charge in [0.25, 0.3) is 0 Å². The van der Waals surface area contributed by atoms with Crippen LogP contribution in [0, 0.1) is 11.3 Å². The molecular formula is C23H22N4O2. The molecule has 0 aliphatic heterocycles. The van der Waals surface area contributed by atoms with E-state index in [1.54, 1.807) is 37.4 Å². The molecule has 6 nitrogen and oxygen atoms in total. The maximum Gasteiger partial charge on any atom is 0.244 e. The highest BCUT2D eigenvalue weighted by molar-refractivity contribution is 5.86. The number of ether oxygens (including phenoxy) is 1. The Balaban J connectivity index is 1.90.